The molecule has 0 heterocycles. The largest absolute Gasteiger partial charge is 0.306 e. The van der Waals surface area contributed by atoms with Crippen molar-refractivity contribution in [1.29, 1.82) is 0 Å². The van der Waals surface area contributed by atoms with Crippen LogP contribution in [0, 0.1) is 5.82 Å². The van der Waals surface area contributed by atoms with Gasteiger partial charge in [-0.05, 0) is 48.4 Å². The predicted octanol–water partition coefficient (Wildman–Crippen LogP) is 5.22. The second-order valence-corrected chi connectivity index (χ2v) is 5.46. The van der Waals surface area contributed by atoms with E-state index in [1.165, 1.54) is 6.07 Å². The summed E-state index contributed by atoms with van der Waals surface area (Å²) < 4.78 is 13.7. The number of hydrogen-bond acceptors (Lipinski definition) is 1. The molecule has 0 saturated heterocycles. The van der Waals surface area contributed by atoms with E-state index in [0.717, 1.165) is 24.1 Å². The van der Waals surface area contributed by atoms with Crippen molar-refractivity contribution in [2.45, 2.75) is 19.4 Å². The molecule has 4 heteroatoms. The molecule has 1 N–H and O–H groups in total. The molecule has 0 bridgehead atoms. The molecule has 20 heavy (non-hydrogen) atoms. The van der Waals surface area contributed by atoms with E-state index in [4.69, 9.17) is 23.2 Å². The van der Waals surface area contributed by atoms with Gasteiger partial charge in [-0.15, -0.1) is 0 Å². The zero-order chi connectivity index (χ0) is 14.5. The third-order valence-electron chi connectivity index (χ3n) is 3.08. The average molecular weight is 312 g/mol. The van der Waals surface area contributed by atoms with Crippen molar-refractivity contribution >= 4 is 23.2 Å². The van der Waals surface area contributed by atoms with Crippen LogP contribution in [0.3, 0.4) is 0 Å². The minimum Gasteiger partial charge on any atom is -0.306 e. The molecule has 0 fully saturated rings. The minimum atomic E-state index is -0.401. The molecular formula is C16H16Cl2FN. The summed E-state index contributed by atoms with van der Waals surface area (Å²) >= 11 is 11.7. The van der Waals surface area contributed by atoms with Crippen LogP contribution in [0.25, 0.3) is 0 Å². The number of benzene rings is 2. The zero-order valence-corrected chi connectivity index (χ0v) is 12.7. The van der Waals surface area contributed by atoms with Gasteiger partial charge in [0.25, 0.3) is 0 Å². The lowest BCUT2D eigenvalue weighted by Gasteiger charge is -2.20. The highest BCUT2D eigenvalue weighted by Gasteiger charge is 2.14. The van der Waals surface area contributed by atoms with Crippen LogP contribution < -0.4 is 5.32 Å². The fourth-order valence-electron chi connectivity index (χ4n) is 2.06. The van der Waals surface area contributed by atoms with Gasteiger partial charge in [0.05, 0.1) is 11.1 Å². The summed E-state index contributed by atoms with van der Waals surface area (Å²) in [6.07, 6.45) is 1.00. The molecule has 0 amide bonds. The fraction of sp³-hybridized carbons (Fsp3) is 0.250. The Morgan fingerprint density at radius 1 is 1.05 bits per heavy atom. The van der Waals surface area contributed by atoms with E-state index in [1.807, 2.05) is 30.3 Å². The van der Waals surface area contributed by atoms with Crippen LogP contribution >= 0.6 is 23.2 Å². The molecular weight excluding hydrogens is 296 g/mol. The molecule has 0 radical (unpaired) electrons. The summed E-state index contributed by atoms with van der Waals surface area (Å²) in [4.78, 5) is 0. The quantitative estimate of drug-likeness (QED) is 0.798. The maximum Gasteiger partial charge on any atom is 0.142 e. The Labute approximate surface area is 128 Å². The molecule has 2 aromatic rings. The molecule has 2 aromatic carbocycles. The normalized spacial score (nSPS) is 12.4. The maximum atomic E-state index is 13.7. The van der Waals surface area contributed by atoms with E-state index < -0.39 is 5.82 Å². The van der Waals surface area contributed by atoms with Crippen LogP contribution in [0.15, 0.2) is 42.5 Å². The molecule has 0 aliphatic rings. The van der Waals surface area contributed by atoms with Crippen molar-refractivity contribution in [3.8, 4) is 0 Å². The first-order valence-corrected chi connectivity index (χ1v) is 7.31. The van der Waals surface area contributed by atoms with Crippen molar-refractivity contribution in [3.05, 3.63) is 69.5 Å². The molecule has 1 unspecified atom stereocenters. The van der Waals surface area contributed by atoms with Crippen molar-refractivity contribution in [2.75, 3.05) is 6.54 Å². The Bertz CT molecular complexity index is 569. The number of halogens is 3. The Hall–Kier alpha value is -1.09. The average Bonchev–Trinajstić information content (AvgIpc) is 2.45. The van der Waals surface area contributed by atoms with Gasteiger partial charge < -0.3 is 5.32 Å². The SMILES string of the molecule is CCCNC(c1ccc(Cl)cc1)c1ccc(Cl)c(F)c1. The summed E-state index contributed by atoms with van der Waals surface area (Å²) in [5.41, 5.74) is 1.90. The molecule has 0 aliphatic carbocycles. The maximum absolute atomic E-state index is 13.7. The molecule has 2 rings (SSSR count). The topological polar surface area (TPSA) is 12.0 Å². The Morgan fingerprint density at radius 3 is 2.30 bits per heavy atom. The van der Waals surface area contributed by atoms with E-state index in [-0.39, 0.29) is 11.1 Å². The summed E-state index contributed by atoms with van der Waals surface area (Å²) in [6.45, 7) is 2.94. The predicted molar refractivity (Wildman–Crippen MR) is 83.0 cm³/mol. The van der Waals surface area contributed by atoms with E-state index in [0.29, 0.717) is 5.02 Å². The molecule has 0 aliphatic heterocycles. The minimum absolute atomic E-state index is 0.0704. The highest BCUT2D eigenvalue weighted by molar-refractivity contribution is 6.30. The number of nitrogens with one attached hydrogen (secondary N) is 1. The molecule has 1 atom stereocenters. The monoisotopic (exact) mass is 311 g/mol. The van der Waals surface area contributed by atoms with Crippen molar-refractivity contribution < 1.29 is 4.39 Å². The Balaban J connectivity index is 2.35. The van der Waals surface area contributed by atoms with Gasteiger partial charge in [0.15, 0.2) is 0 Å². The second-order valence-electron chi connectivity index (χ2n) is 4.61. The fourth-order valence-corrected chi connectivity index (χ4v) is 2.31. The van der Waals surface area contributed by atoms with Gasteiger partial charge in [-0.25, -0.2) is 4.39 Å². The lowest BCUT2D eigenvalue weighted by atomic mass is 9.98. The highest BCUT2D eigenvalue weighted by Crippen LogP contribution is 2.26. The lowest BCUT2D eigenvalue weighted by Crippen LogP contribution is -2.23. The van der Waals surface area contributed by atoms with Crippen LogP contribution in [0.1, 0.15) is 30.5 Å². The summed E-state index contributed by atoms with van der Waals surface area (Å²) in [7, 11) is 0. The second kappa shape index (κ2) is 7.07. The molecule has 0 aromatic heterocycles. The van der Waals surface area contributed by atoms with Gasteiger partial charge in [-0.3, -0.25) is 0 Å². The standard InChI is InChI=1S/C16H16Cl2FN/c1-2-9-20-16(11-3-6-13(17)7-4-11)12-5-8-14(18)15(19)10-12/h3-8,10,16,20H,2,9H2,1H3. The van der Waals surface area contributed by atoms with Gasteiger partial charge in [-0.1, -0.05) is 48.3 Å². The summed E-state index contributed by atoms with van der Waals surface area (Å²) in [5.74, 6) is -0.401. The van der Waals surface area contributed by atoms with E-state index in [1.54, 1.807) is 6.07 Å². The van der Waals surface area contributed by atoms with Gasteiger partial charge >= 0.3 is 0 Å². The van der Waals surface area contributed by atoms with Gasteiger partial charge in [0.1, 0.15) is 5.82 Å². The van der Waals surface area contributed by atoms with Crippen LogP contribution in [-0.2, 0) is 0 Å². The number of rotatable bonds is 5. The lowest BCUT2D eigenvalue weighted by molar-refractivity contribution is 0.586. The first kappa shape index (κ1) is 15.3. The van der Waals surface area contributed by atoms with Gasteiger partial charge in [0.2, 0.25) is 0 Å². The first-order chi connectivity index (χ1) is 9.61. The molecule has 0 spiro atoms. The number of hydrogen-bond donors (Lipinski definition) is 1. The van der Waals surface area contributed by atoms with Crippen molar-refractivity contribution in [1.82, 2.24) is 5.32 Å². The third-order valence-corrected chi connectivity index (χ3v) is 3.64. The van der Waals surface area contributed by atoms with E-state index in [2.05, 4.69) is 12.2 Å². The summed E-state index contributed by atoms with van der Waals surface area (Å²) in [5, 5.41) is 4.24. The molecule has 0 saturated carbocycles. The van der Waals surface area contributed by atoms with Crippen LogP contribution in [-0.4, -0.2) is 6.54 Å². The Morgan fingerprint density at radius 2 is 1.70 bits per heavy atom. The summed E-state index contributed by atoms with van der Waals surface area (Å²) in [6, 6.07) is 12.4. The third kappa shape index (κ3) is 3.72. The van der Waals surface area contributed by atoms with Crippen LogP contribution in [0.4, 0.5) is 4.39 Å². The zero-order valence-electron chi connectivity index (χ0n) is 11.2. The van der Waals surface area contributed by atoms with Crippen molar-refractivity contribution in [3.63, 3.8) is 0 Å². The van der Waals surface area contributed by atoms with Crippen molar-refractivity contribution in [2.24, 2.45) is 0 Å². The van der Waals surface area contributed by atoms with E-state index >= 15 is 0 Å². The van der Waals surface area contributed by atoms with Gasteiger partial charge in [-0.2, -0.15) is 0 Å². The van der Waals surface area contributed by atoms with Gasteiger partial charge in [0, 0.05) is 5.02 Å². The molecule has 106 valence electrons. The highest BCUT2D eigenvalue weighted by atomic mass is 35.5. The Kier molecular flexibility index (Phi) is 5.41. The van der Waals surface area contributed by atoms with E-state index in [9.17, 15) is 4.39 Å². The van der Waals surface area contributed by atoms with Crippen LogP contribution in [0.2, 0.25) is 10.0 Å². The van der Waals surface area contributed by atoms with Crippen LogP contribution in [0.5, 0.6) is 0 Å². The smallest absolute Gasteiger partial charge is 0.142 e. The molecule has 1 nitrogen and oxygen atoms in total. The first-order valence-electron chi connectivity index (χ1n) is 6.55.